The lowest BCUT2D eigenvalue weighted by Crippen LogP contribution is -2.68. The molecule has 0 saturated heterocycles. The number of hydrogen-bond donors (Lipinski definition) is 2. The van der Waals surface area contributed by atoms with E-state index in [1.54, 1.807) is 12.5 Å². The molecule has 2 fully saturated rings. The van der Waals surface area contributed by atoms with Gasteiger partial charge in [-0.1, -0.05) is 6.42 Å². The second-order valence-corrected chi connectivity index (χ2v) is 6.60. The van der Waals surface area contributed by atoms with Crippen molar-refractivity contribution in [3.63, 3.8) is 0 Å². The first kappa shape index (κ1) is 15.3. The molecule has 2 aliphatic carbocycles. The maximum Gasteiger partial charge on any atom is 0.315 e. The van der Waals surface area contributed by atoms with Crippen molar-refractivity contribution in [2.24, 2.45) is 5.41 Å². The second kappa shape index (κ2) is 6.28. The van der Waals surface area contributed by atoms with Crippen LogP contribution in [0.15, 0.2) is 18.7 Å². The van der Waals surface area contributed by atoms with Gasteiger partial charge in [0.05, 0.1) is 12.4 Å². The minimum Gasteiger partial charge on any atom is -0.378 e. The molecule has 122 valence electrons. The molecule has 22 heavy (non-hydrogen) atoms. The van der Waals surface area contributed by atoms with Crippen LogP contribution in [0.4, 0.5) is 4.79 Å². The molecule has 6 heteroatoms. The SMILES string of the molecule is CCO[C@@H]1C[C@@H](NC(=O)N[C@@H](C)Cn2ccnc2)C12CCC2. The van der Waals surface area contributed by atoms with Crippen molar-refractivity contribution in [3.05, 3.63) is 18.7 Å². The standard InChI is InChI=1S/C16H26N4O2/c1-3-22-14-9-13(16(14)5-4-6-16)19-15(21)18-12(2)10-20-8-7-17-11-20/h7-8,11-14H,3-6,9-10H2,1-2H3,(H2,18,19,21)/t12-,13+,14+/m0/s1. The first-order chi connectivity index (χ1) is 10.6. The Hall–Kier alpha value is -1.56. The van der Waals surface area contributed by atoms with E-state index in [9.17, 15) is 4.79 Å². The zero-order chi connectivity index (χ0) is 15.6. The summed E-state index contributed by atoms with van der Waals surface area (Å²) in [4.78, 5) is 16.2. The quantitative estimate of drug-likeness (QED) is 0.843. The molecule has 1 heterocycles. The van der Waals surface area contributed by atoms with Crippen LogP contribution in [0.3, 0.4) is 0 Å². The summed E-state index contributed by atoms with van der Waals surface area (Å²) in [5.41, 5.74) is 0.209. The van der Waals surface area contributed by atoms with E-state index in [0.29, 0.717) is 6.10 Å². The Kier molecular flexibility index (Phi) is 4.38. The van der Waals surface area contributed by atoms with Crippen LogP contribution in [-0.2, 0) is 11.3 Å². The van der Waals surface area contributed by atoms with E-state index in [2.05, 4.69) is 15.6 Å². The molecular weight excluding hydrogens is 280 g/mol. The fraction of sp³-hybridized carbons (Fsp3) is 0.750. The highest BCUT2D eigenvalue weighted by Gasteiger charge is 2.59. The monoisotopic (exact) mass is 306 g/mol. The van der Waals surface area contributed by atoms with Gasteiger partial charge in [0.15, 0.2) is 0 Å². The van der Waals surface area contributed by atoms with E-state index in [1.807, 2.05) is 24.6 Å². The van der Waals surface area contributed by atoms with Gasteiger partial charge in [-0.05, 0) is 33.1 Å². The van der Waals surface area contributed by atoms with Crippen LogP contribution in [0, 0.1) is 5.41 Å². The predicted molar refractivity (Wildman–Crippen MR) is 83.5 cm³/mol. The number of aromatic nitrogens is 2. The number of hydrogen-bond acceptors (Lipinski definition) is 3. The number of imidazole rings is 1. The van der Waals surface area contributed by atoms with Crippen LogP contribution < -0.4 is 10.6 Å². The van der Waals surface area contributed by atoms with E-state index in [0.717, 1.165) is 19.6 Å². The summed E-state index contributed by atoms with van der Waals surface area (Å²) >= 11 is 0. The van der Waals surface area contributed by atoms with Gasteiger partial charge in [0.1, 0.15) is 0 Å². The summed E-state index contributed by atoms with van der Waals surface area (Å²) in [5, 5.41) is 6.16. The van der Waals surface area contributed by atoms with Crippen molar-refractivity contribution in [1.29, 1.82) is 0 Å². The smallest absolute Gasteiger partial charge is 0.315 e. The molecule has 1 spiro atoms. The van der Waals surface area contributed by atoms with E-state index in [-0.39, 0.29) is 23.5 Å². The molecule has 2 aliphatic rings. The van der Waals surface area contributed by atoms with Gasteiger partial charge in [-0.3, -0.25) is 0 Å². The molecule has 0 aromatic carbocycles. The summed E-state index contributed by atoms with van der Waals surface area (Å²) in [7, 11) is 0. The Balaban J connectivity index is 1.46. The molecule has 6 nitrogen and oxygen atoms in total. The number of rotatable bonds is 6. The molecule has 2 amide bonds. The number of nitrogens with zero attached hydrogens (tertiary/aromatic N) is 2. The summed E-state index contributed by atoms with van der Waals surface area (Å²) in [6.45, 7) is 5.53. The summed E-state index contributed by atoms with van der Waals surface area (Å²) in [5.74, 6) is 0. The van der Waals surface area contributed by atoms with Gasteiger partial charge in [0.2, 0.25) is 0 Å². The summed E-state index contributed by atoms with van der Waals surface area (Å²) < 4.78 is 7.78. The second-order valence-electron chi connectivity index (χ2n) is 6.60. The molecule has 2 saturated carbocycles. The molecule has 0 bridgehead atoms. The summed E-state index contributed by atoms with van der Waals surface area (Å²) in [6, 6.07) is 0.256. The maximum absolute atomic E-state index is 12.2. The number of carbonyl (C=O) groups excluding carboxylic acids is 1. The van der Waals surface area contributed by atoms with Crippen molar-refractivity contribution >= 4 is 6.03 Å². The fourth-order valence-corrected chi connectivity index (χ4v) is 3.82. The van der Waals surface area contributed by atoms with Gasteiger partial charge < -0.3 is 19.9 Å². The van der Waals surface area contributed by atoms with Crippen LogP contribution in [0.25, 0.3) is 0 Å². The fourth-order valence-electron chi connectivity index (χ4n) is 3.82. The lowest BCUT2D eigenvalue weighted by atomic mass is 9.51. The average molecular weight is 306 g/mol. The highest BCUT2D eigenvalue weighted by Crippen LogP contribution is 2.57. The van der Waals surface area contributed by atoms with Crippen molar-refractivity contribution < 1.29 is 9.53 Å². The van der Waals surface area contributed by atoms with Crippen molar-refractivity contribution in [2.45, 2.75) is 64.3 Å². The van der Waals surface area contributed by atoms with Crippen LogP contribution >= 0.6 is 0 Å². The lowest BCUT2D eigenvalue weighted by molar-refractivity contribution is -0.169. The number of amides is 2. The minimum absolute atomic E-state index is 0.0642. The predicted octanol–water partition coefficient (Wildman–Crippen LogP) is 1.92. The minimum atomic E-state index is -0.0705. The first-order valence-corrected chi connectivity index (χ1v) is 8.28. The number of nitrogens with one attached hydrogen (secondary N) is 2. The molecule has 3 rings (SSSR count). The molecule has 1 aromatic rings. The van der Waals surface area contributed by atoms with Crippen LogP contribution in [-0.4, -0.2) is 40.4 Å². The van der Waals surface area contributed by atoms with Crippen LogP contribution in [0.5, 0.6) is 0 Å². The van der Waals surface area contributed by atoms with Gasteiger partial charge in [0, 0.05) is 43.0 Å². The highest BCUT2D eigenvalue weighted by atomic mass is 16.5. The third-order valence-corrected chi connectivity index (χ3v) is 5.16. The van der Waals surface area contributed by atoms with Gasteiger partial charge in [-0.2, -0.15) is 0 Å². The molecule has 3 atom stereocenters. The zero-order valence-corrected chi connectivity index (χ0v) is 13.4. The average Bonchev–Trinajstić information content (AvgIpc) is 2.87. The molecule has 1 aromatic heterocycles. The molecule has 0 radical (unpaired) electrons. The van der Waals surface area contributed by atoms with Crippen LogP contribution in [0.1, 0.15) is 39.5 Å². The van der Waals surface area contributed by atoms with Crippen molar-refractivity contribution in [2.75, 3.05) is 6.61 Å². The van der Waals surface area contributed by atoms with E-state index >= 15 is 0 Å². The van der Waals surface area contributed by atoms with E-state index in [1.165, 1.54) is 19.3 Å². The van der Waals surface area contributed by atoms with E-state index < -0.39 is 0 Å². The third-order valence-electron chi connectivity index (χ3n) is 5.16. The molecule has 0 aliphatic heterocycles. The largest absolute Gasteiger partial charge is 0.378 e. The number of carbonyl (C=O) groups is 1. The first-order valence-electron chi connectivity index (χ1n) is 8.28. The Labute approximate surface area is 131 Å². The lowest BCUT2D eigenvalue weighted by Gasteiger charge is -2.60. The molecule has 0 unspecified atom stereocenters. The molecule has 2 N–H and O–H groups in total. The summed E-state index contributed by atoms with van der Waals surface area (Å²) in [6.07, 6.45) is 10.3. The Morgan fingerprint density at radius 3 is 2.95 bits per heavy atom. The highest BCUT2D eigenvalue weighted by molar-refractivity contribution is 5.74. The maximum atomic E-state index is 12.2. The Morgan fingerprint density at radius 1 is 1.55 bits per heavy atom. The van der Waals surface area contributed by atoms with Gasteiger partial charge >= 0.3 is 6.03 Å². The molecular formula is C16H26N4O2. The van der Waals surface area contributed by atoms with Crippen molar-refractivity contribution in [1.82, 2.24) is 20.2 Å². The van der Waals surface area contributed by atoms with Crippen molar-refractivity contribution in [3.8, 4) is 0 Å². The van der Waals surface area contributed by atoms with Gasteiger partial charge in [-0.15, -0.1) is 0 Å². The third kappa shape index (κ3) is 2.84. The topological polar surface area (TPSA) is 68.2 Å². The number of ether oxygens (including phenoxy) is 1. The zero-order valence-electron chi connectivity index (χ0n) is 13.4. The van der Waals surface area contributed by atoms with Crippen LogP contribution in [0.2, 0.25) is 0 Å². The van der Waals surface area contributed by atoms with E-state index in [4.69, 9.17) is 4.74 Å². The normalized spacial score (nSPS) is 26.8. The Morgan fingerprint density at radius 2 is 2.36 bits per heavy atom. The Bertz CT molecular complexity index is 498. The number of urea groups is 1. The van der Waals surface area contributed by atoms with Gasteiger partial charge in [-0.25, -0.2) is 9.78 Å². The van der Waals surface area contributed by atoms with Gasteiger partial charge in [0.25, 0.3) is 0 Å².